The van der Waals surface area contributed by atoms with Gasteiger partial charge in [-0.15, -0.1) is 0 Å². The van der Waals surface area contributed by atoms with Crippen LogP contribution in [-0.2, 0) is 17.6 Å². The molecule has 2 aromatic carbocycles. The number of aryl methyl sites for hydroxylation is 2. The molecule has 98 valence electrons. The number of nitrogen functional groups attached to an aromatic ring is 1. The van der Waals surface area contributed by atoms with Crippen LogP contribution in [0.1, 0.15) is 23.1 Å². The second kappa shape index (κ2) is 6.19. The van der Waals surface area contributed by atoms with Gasteiger partial charge in [-0.1, -0.05) is 36.4 Å². The minimum Gasteiger partial charge on any atom is -0.399 e. The molecule has 0 fully saturated rings. The lowest BCUT2D eigenvalue weighted by atomic mass is 9.99. The van der Waals surface area contributed by atoms with Gasteiger partial charge in [-0.05, 0) is 42.2 Å². The third-order valence-electron chi connectivity index (χ3n) is 3.29. The van der Waals surface area contributed by atoms with Crippen LogP contribution in [0.2, 0.25) is 0 Å². The summed E-state index contributed by atoms with van der Waals surface area (Å²) < 4.78 is 0. The van der Waals surface area contributed by atoms with Crippen molar-refractivity contribution >= 4 is 11.5 Å². The summed E-state index contributed by atoms with van der Waals surface area (Å²) in [5.74, 6) is 0.275. The van der Waals surface area contributed by atoms with Crippen molar-refractivity contribution in [2.75, 3.05) is 5.73 Å². The Labute approximate surface area is 114 Å². The molecule has 0 saturated carbocycles. The van der Waals surface area contributed by atoms with Gasteiger partial charge in [-0.2, -0.15) is 0 Å². The van der Waals surface area contributed by atoms with Crippen LogP contribution in [0.3, 0.4) is 0 Å². The predicted octanol–water partition coefficient (Wildman–Crippen LogP) is 3.32. The quantitative estimate of drug-likeness (QED) is 0.831. The number of nitrogens with two attached hydrogens (primary N) is 1. The lowest BCUT2D eigenvalue weighted by Crippen LogP contribution is -2.05. The Hall–Kier alpha value is -2.09. The number of hydrogen-bond donors (Lipinski definition) is 1. The molecule has 2 heteroatoms. The Morgan fingerprint density at radius 3 is 2.63 bits per heavy atom. The molecule has 2 rings (SSSR count). The van der Waals surface area contributed by atoms with Crippen molar-refractivity contribution in [3.8, 4) is 0 Å². The van der Waals surface area contributed by atoms with E-state index in [1.807, 2.05) is 55.5 Å². The van der Waals surface area contributed by atoms with Crippen molar-refractivity contribution in [1.82, 2.24) is 0 Å². The van der Waals surface area contributed by atoms with E-state index in [0.717, 1.165) is 23.2 Å². The maximum Gasteiger partial charge on any atom is 0.137 e. The van der Waals surface area contributed by atoms with Crippen molar-refractivity contribution in [3.63, 3.8) is 0 Å². The fraction of sp³-hybridized carbons (Fsp3) is 0.235. The van der Waals surface area contributed by atoms with Crippen molar-refractivity contribution in [1.29, 1.82) is 0 Å². The molecular formula is C17H19NO. The summed E-state index contributed by atoms with van der Waals surface area (Å²) in [5.41, 5.74) is 9.91. The van der Waals surface area contributed by atoms with E-state index in [4.69, 9.17) is 5.73 Å². The number of ketones is 1. The van der Waals surface area contributed by atoms with E-state index in [2.05, 4.69) is 0 Å². The molecular weight excluding hydrogens is 234 g/mol. The molecule has 0 unspecified atom stereocenters. The molecule has 0 radical (unpaired) electrons. The Bertz CT molecular complexity index is 575. The van der Waals surface area contributed by atoms with Gasteiger partial charge in [0.25, 0.3) is 0 Å². The molecule has 0 spiro atoms. The van der Waals surface area contributed by atoms with Crippen molar-refractivity contribution in [2.24, 2.45) is 0 Å². The second-order valence-electron chi connectivity index (χ2n) is 4.89. The van der Waals surface area contributed by atoms with E-state index in [-0.39, 0.29) is 5.78 Å². The highest BCUT2D eigenvalue weighted by molar-refractivity contribution is 5.81. The molecule has 19 heavy (non-hydrogen) atoms. The van der Waals surface area contributed by atoms with E-state index in [1.54, 1.807) is 0 Å². The molecule has 2 aromatic rings. The third kappa shape index (κ3) is 3.95. The fourth-order valence-corrected chi connectivity index (χ4v) is 2.14. The van der Waals surface area contributed by atoms with Crippen LogP contribution in [-0.4, -0.2) is 5.78 Å². The minimum atomic E-state index is 0.275. The van der Waals surface area contributed by atoms with E-state index >= 15 is 0 Å². The van der Waals surface area contributed by atoms with Gasteiger partial charge >= 0.3 is 0 Å². The number of anilines is 1. The van der Waals surface area contributed by atoms with Crippen LogP contribution in [0.4, 0.5) is 5.69 Å². The lowest BCUT2D eigenvalue weighted by molar-refractivity contribution is -0.118. The van der Waals surface area contributed by atoms with Crippen molar-refractivity contribution < 1.29 is 4.79 Å². The largest absolute Gasteiger partial charge is 0.399 e. The zero-order valence-electron chi connectivity index (χ0n) is 11.2. The molecule has 0 aliphatic heterocycles. The van der Waals surface area contributed by atoms with Crippen LogP contribution >= 0.6 is 0 Å². The fourth-order valence-electron chi connectivity index (χ4n) is 2.14. The maximum atomic E-state index is 12.0. The lowest BCUT2D eigenvalue weighted by Gasteiger charge is -2.05. The molecule has 0 aliphatic carbocycles. The predicted molar refractivity (Wildman–Crippen MR) is 79.1 cm³/mol. The van der Waals surface area contributed by atoms with Gasteiger partial charge in [0, 0.05) is 18.5 Å². The first-order chi connectivity index (χ1) is 9.15. The third-order valence-corrected chi connectivity index (χ3v) is 3.29. The van der Waals surface area contributed by atoms with Crippen LogP contribution in [0.5, 0.6) is 0 Å². The monoisotopic (exact) mass is 253 g/mol. The van der Waals surface area contributed by atoms with Crippen LogP contribution in [0, 0.1) is 6.92 Å². The molecule has 0 bridgehead atoms. The summed E-state index contributed by atoms with van der Waals surface area (Å²) in [7, 11) is 0. The van der Waals surface area contributed by atoms with E-state index in [1.165, 1.54) is 5.56 Å². The van der Waals surface area contributed by atoms with Crippen LogP contribution in [0.15, 0.2) is 48.5 Å². The maximum absolute atomic E-state index is 12.0. The molecule has 2 N–H and O–H groups in total. The highest BCUT2D eigenvalue weighted by Gasteiger charge is 2.06. The Morgan fingerprint density at radius 1 is 1.11 bits per heavy atom. The number of benzene rings is 2. The van der Waals surface area contributed by atoms with E-state index in [0.29, 0.717) is 12.8 Å². The van der Waals surface area contributed by atoms with Gasteiger partial charge in [0.05, 0.1) is 0 Å². The zero-order chi connectivity index (χ0) is 13.7. The first kappa shape index (κ1) is 13.3. The average Bonchev–Trinajstić information content (AvgIpc) is 2.39. The molecule has 2 nitrogen and oxygen atoms in total. The van der Waals surface area contributed by atoms with E-state index in [9.17, 15) is 4.79 Å². The summed E-state index contributed by atoms with van der Waals surface area (Å²) in [4.78, 5) is 12.0. The molecule has 0 aliphatic rings. The van der Waals surface area contributed by atoms with E-state index < -0.39 is 0 Å². The molecule has 0 atom stereocenters. The van der Waals surface area contributed by atoms with Gasteiger partial charge < -0.3 is 5.73 Å². The van der Waals surface area contributed by atoms with Crippen LogP contribution < -0.4 is 5.73 Å². The van der Waals surface area contributed by atoms with Gasteiger partial charge in [0.15, 0.2) is 0 Å². The molecule has 0 amide bonds. The zero-order valence-corrected chi connectivity index (χ0v) is 11.2. The SMILES string of the molecule is Cc1ccccc1CC(=O)CCc1cccc(N)c1. The number of Topliss-reactive ketones (excluding diaryl/α,β-unsaturated/α-hetero) is 1. The molecule has 0 aromatic heterocycles. The van der Waals surface area contributed by atoms with Gasteiger partial charge in [0.1, 0.15) is 5.78 Å². The highest BCUT2D eigenvalue weighted by Crippen LogP contribution is 2.12. The van der Waals surface area contributed by atoms with Gasteiger partial charge in [-0.3, -0.25) is 4.79 Å². The Balaban J connectivity index is 1.90. The Morgan fingerprint density at radius 2 is 1.89 bits per heavy atom. The first-order valence-electron chi connectivity index (χ1n) is 6.56. The number of rotatable bonds is 5. The molecule has 0 heterocycles. The highest BCUT2D eigenvalue weighted by atomic mass is 16.1. The van der Waals surface area contributed by atoms with Crippen LogP contribution in [0.25, 0.3) is 0 Å². The summed E-state index contributed by atoms with van der Waals surface area (Å²) in [6.45, 7) is 2.04. The van der Waals surface area contributed by atoms with Crippen molar-refractivity contribution in [3.05, 3.63) is 65.2 Å². The number of carbonyl (C=O) groups is 1. The minimum absolute atomic E-state index is 0.275. The normalized spacial score (nSPS) is 10.4. The smallest absolute Gasteiger partial charge is 0.137 e. The summed E-state index contributed by atoms with van der Waals surface area (Å²) in [6, 6.07) is 15.8. The Kier molecular flexibility index (Phi) is 4.35. The summed E-state index contributed by atoms with van der Waals surface area (Å²) >= 11 is 0. The number of hydrogen-bond acceptors (Lipinski definition) is 2. The summed E-state index contributed by atoms with van der Waals surface area (Å²) in [6.07, 6.45) is 1.85. The first-order valence-corrected chi connectivity index (χ1v) is 6.56. The van der Waals surface area contributed by atoms with Gasteiger partial charge in [-0.25, -0.2) is 0 Å². The summed E-state index contributed by atoms with van der Waals surface area (Å²) in [5, 5.41) is 0. The standard InChI is InChI=1S/C17H19NO/c1-13-5-2-3-7-15(13)12-17(19)10-9-14-6-4-8-16(18)11-14/h2-8,11H,9-10,12,18H2,1H3. The number of carbonyl (C=O) groups excluding carboxylic acids is 1. The van der Waals surface area contributed by atoms with Gasteiger partial charge in [0.2, 0.25) is 0 Å². The second-order valence-corrected chi connectivity index (χ2v) is 4.89. The average molecular weight is 253 g/mol. The van der Waals surface area contributed by atoms with Crippen molar-refractivity contribution in [2.45, 2.75) is 26.2 Å². The molecule has 0 saturated heterocycles. The topological polar surface area (TPSA) is 43.1 Å².